The fourth-order valence-corrected chi connectivity index (χ4v) is 5.70. The lowest BCUT2D eigenvalue weighted by atomic mass is 10.2. The Kier molecular flexibility index (Phi) is 6.20. The van der Waals surface area contributed by atoms with Crippen molar-refractivity contribution in [3.05, 3.63) is 58.6 Å². The number of amides is 2. The summed E-state index contributed by atoms with van der Waals surface area (Å²) in [5.41, 5.74) is 1.53. The summed E-state index contributed by atoms with van der Waals surface area (Å²) in [5, 5.41) is 5.65. The highest BCUT2D eigenvalue weighted by molar-refractivity contribution is 7.89. The summed E-state index contributed by atoms with van der Waals surface area (Å²) < 4.78 is 33.6. The molecular formula is C24H26N4O6S. The molecule has 0 bridgehead atoms. The van der Waals surface area contributed by atoms with Crippen LogP contribution in [0.1, 0.15) is 42.5 Å². The van der Waals surface area contributed by atoms with E-state index in [1.54, 1.807) is 24.3 Å². The zero-order valence-electron chi connectivity index (χ0n) is 19.0. The molecule has 2 fully saturated rings. The number of hydrogen-bond acceptors (Lipinski definition) is 6. The number of benzene rings is 2. The second kappa shape index (κ2) is 9.31. The van der Waals surface area contributed by atoms with Gasteiger partial charge in [0.25, 0.3) is 5.91 Å². The van der Waals surface area contributed by atoms with Crippen molar-refractivity contribution in [3.63, 3.8) is 0 Å². The van der Waals surface area contributed by atoms with Crippen LogP contribution in [-0.2, 0) is 21.4 Å². The first-order chi connectivity index (χ1) is 16.8. The molecule has 2 heterocycles. The number of fused-ring (bicyclic) bond motifs is 1. The van der Waals surface area contributed by atoms with Gasteiger partial charge in [0, 0.05) is 49.4 Å². The van der Waals surface area contributed by atoms with Gasteiger partial charge in [-0.15, -0.1) is 0 Å². The van der Waals surface area contributed by atoms with Crippen molar-refractivity contribution in [2.45, 2.75) is 49.6 Å². The highest BCUT2D eigenvalue weighted by Gasteiger charge is 2.28. The van der Waals surface area contributed by atoms with Gasteiger partial charge in [-0.25, -0.2) is 13.2 Å². The van der Waals surface area contributed by atoms with Crippen LogP contribution in [0.5, 0.6) is 0 Å². The highest BCUT2D eigenvalue weighted by Crippen LogP contribution is 2.24. The molecule has 184 valence electrons. The van der Waals surface area contributed by atoms with Gasteiger partial charge in [0.2, 0.25) is 15.9 Å². The predicted molar refractivity (Wildman–Crippen MR) is 129 cm³/mol. The lowest BCUT2D eigenvalue weighted by Gasteiger charge is -2.15. The number of aromatic nitrogens is 1. The second-order valence-electron chi connectivity index (χ2n) is 8.89. The number of anilines is 1. The largest absolute Gasteiger partial charge is 0.419 e. The molecule has 2 N–H and O–H groups in total. The van der Waals surface area contributed by atoms with Crippen LogP contribution in [0.25, 0.3) is 11.1 Å². The summed E-state index contributed by atoms with van der Waals surface area (Å²) in [6.45, 7) is 1.01. The molecule has 0 radical (unpaired) electrons. The molecule has 1 saturated heterocycles. The first-order valence-corrected chi connectivity index (χ1v) is 13.1. The number of sulfonamides is 1. The lowest BCUT2D eigenvalue weighted by Crippen LogP contribution is -2.27. The summed E-state index contributed by atoms with van der Waals surface area (Å²) in [7, 11) is -3.64. The molecule has 2 aliphatic rings. The molecule has 0 atom stereocenters. The molecule has 1 aromatic heterocycles. The van der Waals surface area contributed by atoms with E-state index in [-0.39, 0.29) is 41.3 Å². The number of rotatable bonds is 8. The fraction of sp³-hybridized carbons (Fsp3) is 0.375. The van der Waals surface area contributed by atoms with Crippen LogP contribution in [0, 0.1) is 0 Å². The van der Waals surface area contributed by atoms with Gasteiger partial charge in [-0.1, -0.05) is 6.07 Å². The van der Waals surface area contributed by atoms with E-state index in [2.05, 4.69) is 10.6 Å². The first-order valence-electron chi connectivity index (χ1n) is 11.7. The van der Waals surface area contributed by atoms with Crippen LogP contribution >= 0.6 is 0 Å². The summed E-state index contributed by atoms with van der Waals surface area (Å²) in [6.07, 6.45) is 3.61. The Morgan fingerprint density at radius 3 is 2.57 bits per heavy atom. The topological polar surface area (TPSA) is 131 Å². The van der Waals surface area contributed by atoms with Crippen molar-refractivity contribution in [1.29, 1.82) is 0 Å². The van der Waals surface area contributed by atoms with E-state index >= 15 is 0 Å². The molecule has 35 heavy (non-hydrogen) atoms. The van der Waals surface area contributed by atoms with Crippen LogP contribution in [0.4, 0.5) is 5.69 Å². The van der Waals surface area contributed by atoms with Gasteiger partial charge < -0.3 is 15.1 Å². The average molecular weight is 499 g/mol. The van der Waals surface area contributed by atoms with Crippen molar-refractivity contribution in [3.8, 4) is 0 Å². The van der Waals surface area contributed by atoms with Crippen LogP contribution in [0.2, 0.25) is 0 Å². The average Bonchev–Trinajstić information content (AvgIpc) is 3.34. The molecule has 0 unspecified atom stereocenters. The zero-order chi connectivity index (χ0) is 24.6. The second-order valence-corrected chi connectivity index (χ2v) is 10.8. The minimum absolute atomic E-state index is 0.0130. The number of nitrogens with zero attached hydrogens (tertiary/aromatic N) is 2. The molecule has 1 saturated carbocycles. The van der Waals surface area contributed by atoms with Crippen molar-refractivity contribution >= 4 is 38.6 Å². The maximum atomic E-state index is 12.8. The molecular weight excluding hydrogens is 472 g/mol. The minimum atomic E-state index is -3.64. The summed E-state index contributed by atoms with van der Waals surface area (Å²) in [6, 6.07) is 11.3. The molecule has 2 aromatic carbocycles. The van der Waals surface area contributed by atoms with E-state index in [0.717, 1.165) is 25.7 Å². The van der Waals surface area contributed by atoms with Gasteiger partial charge >= 0.3 is 5.76 Å². The number of oxazole rings is 1. The molecule has 1 aliphatic carbocycles. The lowest BCUT2D eigenvalue weighted by molar-refractivity contribution is -0.116. The normalized spacial score (nSPS) is 16.5. The van der Waals surface area contributed by atoms with E-state index < -0.39 is 15.8 Å². The minimum Gasteiger partial charge on any atom is -0.408 e. The standard InChI is InChI=1S/C24H26N4O6S/c29-22(25-18-5-3-4-16(14-18)23(30)26-17-6-7-17)10-13-28-20-9-8-19(15-21(20)34-24(28)31)35(32,33)27-11-1-2-12-27/h3-5,8-9,14-15,17H,1-2,6-7,10-13H2,(H,25,29)(H,26,30). The highest BCUT2D eigenvalue weighted by atomic mass is 32.2. The van der Waals surface area contributed by atoms with Gasteiger partial charge in [-0.2, -0.15) is 4.31 Å². The Morgan fingerprint density at radius 1 is 1.06 bits per heavy atom. The Balaban J connectivity index is 1.26. The molecule has 2 amide bonds. The number of carbonyl (C=O) groups is 2. The molecule has 5 rings (SSSR count). The smallest absolute Gasteiger partial charge is 0.408 e. The predicted octanol–water partition coefficient (Wildman–Crippen LogP) is 2.30. The van der Waals surface area contributed by atoms with Gasteiger partial charge in [-0.05, 0) is 56.0 Å². The summed E-state index contributed by atoms with van der Waals surface area (Å²) >= 11 is 0. The molecule has 1 aliphatic heterocycles. The molecule has 11 heteroatoms. The number of carbonyl (C=O) groups excluding carboxylic acids is 2. The van der Waals surface area contributed by atoms with Crippen LogP contribution in [-0.4, -0.2) is 48.2 Å². The number of nitrogens with one attached hydrogen (secondary N) is 2. The molecule has 0 spiro atoms. The van der Waals surface area contributed by atoms with E-state index in [1.165, 1.54) is 27.1 Å². The zero-order valence-corrected chi connectivity index (χ0v) is 19.8. The van der Waals surface area contributed by atoms with Crippen LogP contribution in [0.15, 0.2) is 56.6 Å². The fourth-order valence-electron chi connectivity index (χ4n) is 4.17. The van der Waals surface area contributed by atoms with Gasteiger partial charge in [0.05, 0.1) is 10.4 Å². The third kappa shape index (κ3) is 5.01. The van der Waals surface area contributed by atoms with E-state index in [0.29, 0.717) is 29.9 Å². The maximum Gasteiger partial charge on any atom is 0.419 e. The number of hydrogen-bond donors (Lipinski definition) is 2. The first kappa shape index (κ1) is 23.3. The summed E-state index contributed by atoms with van der Waals surface area (Å²) in [4.78, 5) is 37.2. The van der Waals surface area contributed by atoms with Gasteiger partial charge in [-0.3, -0.25) is 14.2 Å². The van der Waals surface area contributed by atoms with E-state index in [1.807, 2.05) is 0 Å². The van der Waals surface area contributed by atoms with Crippen molar-refractivity contribution in [1.82, 2.24) is 14.2 Å². The Labute approximate surface area is 202 Å². The van der Waals surface area contributed by atoms with Crippen LogP contribution < -0.4 is 16.4 Å². The van der Waals surface area contributed by atoms with E-state index in [4.69, 9.17) is 4.42 Å². The third-order valence-corrected chi connectivity index (χ3v) is 8.12. The maximum absolute atomic E-state index is 12.8. The molecule has 3 aromatic rings. The Morgan fingerprint density at radius 2 is 1.83 bits per heavy atom. The molecule has 10 nitrogen and oxygen atoms in total. The van der Waals surface area contributed by atoms with Crippen molar-refractivity contribution in [2.75, 3.05) is 18.4 Å². The van der Waals surface area contributed by atoms with Crippen molar-refractivity contribution in [2.24, 2.45) is 0 Å². The monoisotopic (exact) mass is 498 g/mol. The third-order valence-electron chi connectivity index (χ3n) is 6.23. The Bertz CT molecular complexity index is 1450. The summed E-state index contributed by atoms with van der Waals surface area (Å²) in [5.74, 6) is -1.17. The SMILES string of the molecule is O=C(CCn1c(=O)oc2cc(S(=O)(=O)N3CCCC3)ccc21)Nc1cccc(C(=O)NC2CC2)c1. The Hall–Kier alpha value is -3.44. The quantitative estimate of drug-likeness (QED) is 0.490. The van der Waals surface area contributed by atoms with E-state index in [9.17, 15) is 22.8 Å². The number of aryl methyl sites for hydroxylation is 1. The van der Waals surface area contributed by atoms with Crippen molar-refractivity contribution < 1.29 is 22.4 Å². The van der Waals surface area contributed by atoms with Gasteiger partial charge in [0.15, 0.2) is 5.58 Å². The van der Waals surface area contributed by atoms with Gasteiger partial charge in [0.1, 0.15) is 0 Å². The van der Waals surface area contributed by atoms with Crippen LogP contribution in [0.3, 0.4) is 0 Å².